The SMILES string of the molecule is C=C(C)C(C)(O)CNCCOC. The van der Waals surface area contributed by atoms with Gasteiger partial charge < -0.3 is 15.2 Å². The summed E-state index contributed by atoms with van der Waals surface area (Å²) in [6.07, 6.45) is 0. The van der Waals surface area contributed by atoms with Crippen LogP contribution in [0.1, 0.15) is 13.8 Å². The summed E-state index contributed by atoms with van der Waals surface area (Å²) in [4.78, 5) is 0. The lowest BCUT2D eigenvalue weighted by atomic mass is 9.99. The van der Waals surface area contributed by atoms with Crippen molar-refractivity contribution in [2.45, 2.75) is 19.4 Å². The van der Waals surface area contributed by atoms with Crippen LogP contribution in [0.15, 0.2) is 12.2 Å². The monoisotopic (exact) mass is 173 g/mol. The zero-order valence-corrected chi connectivity index (χ0v) is 8.18. The van der Waals surface area contributed by atoms with Gasteiger partial charge in [0, 0.05) is 20.2 Å². The van der Waals surface area contributed by atoms with Crippen LogP contribution in [0.2, 0.25) is 0 Å². The second-order valence-corrected chi connectivity index (χ2v) is 3.22. The summed E-state index contributed by atoms with van der Waals surface area (Å²) < 4.78 is 4.85. The Morgan fingerprint density at radius 1 is 1.67 bits per heavy atom. The van der Waals surface area contributed by atoms with Gasteiger partial charge in [0.1, 0.15) is 0 Å². The van der Waals surface area contributed by atoms with Gasteiger partial charge >= 0.3 is 0 Å². The molecule has 0 aliphatic heterocycles. The van der Waals surface area contributed by atoms with E-state index in [4.69, 9.17) is 4.74 Å². The van der Waals surface area contributed by atoms with Gasteiger partial charge in [-0.25, -0.2) is 0 Å². The highest BCUT2D eigenvalue weighted by molar-refractivity contribution is 5.07. The minimum absolute atomic E-state index is 0.520. The maximum atomic E-state index is 9.69. The maximum absolute atomic E-state index is 9.69. The first-order valence-corrected chi connectivity index (χ1v) is 4.08. The Kier molecular flexibility index (Phi) is 5.13. The Balaban J connectivity index is 3.54. The first-order chi connectivity index (χ1) is 5.50. The van der Waals surface area contributed by atoms with Crippen LogP contribution < -0.4 is 5.32 Å². The molecule has 0 aromatic heterocycles. The quantitative estimate of drug-likeness (QED) is 0.455. The van der Waals surface area contributed by atoms with Crippen LogP contribution in [0, 0.1) is 0 Å². The van der Waals surface area contributed by atoms with E-state index in [1.807, 2.05) is 6.92 Å². The molecule has 0 aromatic rings. The molecule has 72 valence electrons. The van der Waals surface area contributed by atoms with E-state index in [1.54, 1.807) is 14.0 Å². The lowest BCUT2D eigenvalue weighted by molar-refractivity contribution is 0.0947. The van der Waals surface area contributed by atoms with Crippen LogP contribution in [-0.4, -0.2) is 37.5 Å². The fourth-order valence-corrected chi connectivity index (χ4v) is 0.657. The molecule has 0 aromatic carbocycles. The summed E-state index contributed by atoms with van der Waals surface area (Å²) in [5.74, 6) is 0. The van der Waals surface area contributed by atoms with Crippen molar-refractivity contribution in [2.75, 3.05) is 26.8 Å². The van der Waals surface area contributed by atoms with Crippen LogP contribution in [0.5, 0.6) is 0 Å². The van der Waals surface area contributed by atoms with Crippen LogP contribution in [0.25, 0.3) is 0 Å². The first-order valence-electron chi connectivity index (χ1n) is 4.08. The summed E-state index contributed by atoms with van der Waals surface area (Å²) >= 11 is 0. The average Bonchev–Trinajstić information content (AvgIpc) is 1.98. The molecular weight excluding hydrogens is 154 g/mol. The fraction of sp³-hybridized carbons (Fsp3) is 0.778. The third kappa shape index (κ3) is 4.49. The van der Waals surface area contributed by atoms with E-state index in [1.165, 1.54) is 0 Å². The molecule has 0 radical (unpaired) electrons. The minimum Gasteiger partial charge on any atom is -0.384 e. The molecule has 0 saturated carbocycles. The summed E-state index contributed by atoms with van der Waals surface area (Å²) in [6, 6.07) is 0. The highest BCUT2D eigenvalue weighted by Crippen LogP contribution is 2.11. The van der Waals surface area contributed by atoms with Gasteiger partial charge in [-0.15, -0.1) is 0 Å². The number of ether oxygens (including phenoxy) is 1. The van der Waals surface area contributed by atoms with Gasteiger partial charge in [-0.1, -0.05) is 6.58 Å². The molecule has 0 spiro atoms. The van der Waals surface area contributed by atoms with Gasteiger partial charge in [0.2, 0.25) is 0 Å². The van der Waals surface area contributed by atoms with Gasteiger partial charge in [-0.05, 0) is 19.4 Å². The van der Waals surface area contributed by atoms with Crippen molar-refractivity contribution in [3.63, 3.8) is 0 Å². The summed E-state index contributed by atoms with van der Waals surface area (Å²) in [5.41, 5.74) is -0.0410. The van der Waals surface area contributed by atoms with Crippen molar-refractivity contribution in [1.29, 1.82) is 0 Å². The van der Waals surface area contributed by atoms with Crippen molar-refractivity contribution in [3.8, 4) is 0 Å². The van der Waals surface area contributed by atoms with E-state index in [-0.39, 0.29) is 0 Å². The lowest BCUT2D eigenvalue weighted by Crippen LogP contribution is -2.39. The molecule has 0 amide bonds. The van der Waals surface area contributed by atoms with Gasteiger partial charge in [-0.2, -0.15) is 0 Å². The molecular formula is C9H19NO2. The summed E-state index contributed by atoms with van der Waals surface area (Å²) in [7, 11) is 1.65. The predicted molar refractivity (Wildman–Crippen MR) is 50.2 cm³/mol. The second-order valence-electron chi connectivity index (χ2n) is 3.22. The Morgan fingerprint density at radius 3 is 2.67 bits per heavy atom. The van der Waals surface area contributed by atoms with Crippen LogP contribution in [0.4, 0.5) is 0 Å². The van der Waals surface area contributed by atoms with Crippen molar-refractivity contribution >= 4 is 0 Å². The Labute approximate surface area is 74.4 Å². The molecule has 3 heteroatoms. The van der Waals surface area contributed by atoms with Crippen LogP contribution in [0.3, 0.4) is 0 Å². The molecule has 0 rings (SSSR count). The van der Waals surface area contributed by atoms with Crippen molar-refractivity contribution in [1.82, 2.24) is 5.32 Å². The van der Waals surface area contributed by atoms with Gasteiger partial charge in [0.25, 0.3) is 0 Å². The predicted octanol–water partition coefficient (Wildman–Crippen LogP) is 0.549. The Bertz CT molecular complexity index is 143. The number of methoxy groups -OCH3 is 1. The average molecular weight is 173 g/mol. The van der Waals surface area contributed by atoms with Crippen molar-refractivity contribution in [3.05, 3.63) is 12.2 Å². The molecule has 1 unspecified atom stereocenters. The molecule has 0 fully saturated rings. The highest BCUT2D eigenvalue weighted by Gasteiger charge is 2.19. The van der Waals surface area contributed by atoms with E-state index >= 15 is 0 Å². The fourth-order valence-electron chi connectivity index (χ4n) is 0.657. The van der Waals surface area contributed by atoms with Crippen LogP contribution >= 0.6 is 0 Å². The number of rotatable bonds is 6. The number of aliphatic hydroxyl groups is 1. The highest BCUT2D eigenvalue weighted by atomic mass is 16.5. The molecule has 1 atom stereocenters. The number of hydrogen-bond donors (Lipinski definition) is 2. The van der Waals surface area contributed by atoms with E-state index < -0.39 is 5.60 Å². The van der Waals surface area contributed by atoms with Crippen molar-refractivity contribution < 1.29 is 9.84 Å². The maximum Gasteiger partial charge on any atom is 0.0947 e. The molecule has 0 aliphatic rings. The van der Waals surface area contributed by atoms with Crippen LogP contribution in [-0.2, 0) is 4.74 Å². The number of hydrogen-bond acceptors (Lipinski definition) is 3. The molecule has 12 heavy (non-hydrogen) atoms. The van der Waals surface area contributed by atoms with Crippen molar-refractivity contribution in [2.24, 2.45) is 0 Å². The molecule has 0 bridgehead atoms. The smallest absolute Gasteiger partial charge is 0.0947 e. The summed E-state index contributed by atoms with van der Waals surface area (Å²) in [6.45, 7) is 9.20. The third-order valence-electron chi connectivity index (χ3n) is 1.87. The molecule has 0 aliphatic carbocycles. The number of nitrogens with one attached hydrogen (secondary N) is 1. The van der Waals surface area contributed by atoms with E-state index in [9.17, 15) is 5.11 Å². The minimum atomic E-state index is -0.812. The zero-order chi connectivity index (χ0) is 9.61. The molecule has 0 heterocycles. The normalized spacial score (nSPS) is 15.7. The topological polar surface area (TPSA) is 41.5 Å². The molecule has 3 nitrogen and oxygen atoms in total. The summed E-state index contributed by atoms with van der Waals surface area (Å²) in [5, 5.41) is 12.8. The van der Waals surface area contributed by atoms with Gasteiger partial charge in [0.15, 0.2) is 0 Å². The zero-order valence-electron chi connectivity index (χ0n) is 8.18. The lowest BCUT2D eigenvalue weighted by Gasteiger charge is -2.23. The Hall–Kier alpha value is -0.380. The van der Waals surface area contributed by atoms with E-state index in [0.29, 0.717) is 13.2 Å². The van der Waals surface area contributed by atoms with E-state index in [0.717, 1.165) is 12.1 Å². The third-order valence-corrected chi connectivity index (χ3v) is 1.87. The molecule has 2 N–H and O–H groups in total. The van der Waals surface area contributed by atoms with Gasteiger partial charge in [0.05, 0.1) is 12.2 Å². The second kappa shape index (κ2) is 5.30. The Morgan fingerprint density at radius 2 is 2.25 bits per heavy atom. The largest absolute Gasteiger partial charge is 0.384 e. The molecule has 0 saturated heterocycles. The standard InChI is InChI=1S/C9H19NO2/c1-8(2)9(3,11)7-10-5-6-12-4/h10-11H,1,5-7H2,2-4H3. The van der Waals surface area contributed by atoms with E-state index in [2.05, 4.69) is 11.9 Å². The van der Waals surface area contributed by atoms with Gasteiger partial charge in [-0.3, -0.25) is 0 Å². The first kappa shape index (κ1) is 11.6.